The molecule has 0 bridgehead atoms. The summed E-state index contributed by atoms with van der Waals surface area (Å²) in [5.41, 5.74) is 5.91. The van der Waals surface area contributed by atoms with Crippen molar-refractivity contribution >= 4 is 41.4 Å². The fraction of sp³-hybridized carbons (Fsp3) is 0.606. The number of rotatable bonds is 17. The molecular formula is C33H51N9O7. The molecule has 16 nitrogen and oxygen atoms in total. The van der Waals surface area contributed by atoms with Crippen molar-refractivity contribution in [2.24, 2.45) is 5.73 Å². The first-order chi connectivity index (χ1) is 23.4. The van der Waals surface area contributed by atoms with E-state index in [0.717, 1.165) is 12.8 Å². The van der Waals surface area contributed by atoms with Crippen molar-refractivity contribution in [3.8, 4) is 0 Å². The zero-order valence-corrected chi connectivity index (χ0v) is 28.8. The van der Waals surface area contributed by atoms with Crippen LogP contribution in [0.15, 0.2) is 24.3 Å². The number of nitrogens with zero attached hydrogens (tertiary/aromatic N) is 2. The van der Waals surface area contributed by atoms with Gasteiger partial charge in [0.15, 0.2) is 0 Å². The van der Waals surface area contributed by atoms with Crippen LogP contribution in [-0.2, 0) is 24.0 Å². The average Bonchev–Trinajstić information content (AvgIpc) is 3.83. The molecule has 16 heteroatoms. The van der Waals surface area contributed by atoms with Gasteiger partial charge in [0.1, 0.15) is 18.1 Å². The van der Waals surface area contributed by atoms with Gasteiger partial charge in [0.25, 0.3) is 11.8 Å². The standard InChI is InChI=1S/C33H51N9O7/c1-20(35-3)28(44)39-24(32(48)41-16-5-6-17-41)12-14-37-30(46)22-9-7-10-23(19-22)31(47)38-15-13-25(40-29(45)21(2)36-4)33(49)42-18-8-11-26(42)27(34)43/h7,9-10,19-21,24-26,35-36H,5-6,8,11-18H2,1-4H3,(H2,34,43)(H,37,46)(H,38,47)(H,39,44)(H,40,45)/t20-,21?,24?,25-,26?/m0/s1. The van der Waals surface area contributed by atoms with Crippen LogP contribution in [0.5, 0.6) is 0 Å². The third kappa shape index (κ3) is 11.0. The third-order valence-electron chi connectivity index (χ3n) is 8.99. The summed E-state index contributed by atoms with van der Waals surface area (Å²) in [7, 11) is 3.26. The van der Waals surface area contributed by atoms with Crippen LogP contribution in [0, 0.1) is 0 Å². The fourth-order valence-corrected chi connectivity index (χ4v) is 5.72. The first kappa shape index (κ1) is 38.9. The number of nitrogens with one attached hydrogen (secondary N) is 6. The quantitative estimate of drug-likeness (QED) is 0.0982. The van der Waals surface area contributed by atoms with E-state index in [2.05, 4.69) is 31.9 Å². The van der Waals surface area contributed by atoms with Crippen molar-refractivity contribution in [1.29, 1.82) is 0 Å². The fourth-order valence-electron chi connectivity index (χ4n) is 5.72. The highest BCUT2D eigenvalue weighted by Crippen LogP contribution is 2.19. The maximum Gasteiger partial charge on any atom is 0.251 e. The van der Waals surface area contributed by atoms with Crippen molar-refractivity contribution in [2.45, 2.75) is 82.6 Å². The molecule has 7 amide bonds. The van der Waals surface area contributed by atoms with Crippen molar-refractivity contribution in [1.82, 2.24) is 41.7 Å². The number of benzene rings is 1. The zero-order chi connectivity index (χ0) is 36.1. The highest BCUT2D eigenvalue weighted by molar-refractivity contribution is 6.00. The lowest BCUT2D eigenvalue weighted by Crippen LogP contribution is -2.55. The van der Waals surface area contributed by atoms with Gasteiger partial charge < -0.3 is 47.4 Å². The second kappa shape index (κ2) is 18.8. The highest BCUT2D eigenvalue weighted by atomic mass is 16.2. The summed E-state index contributed by atoms with van der Waals surface area (Å²) in [5, 5.41) is 16.7. The van der Waals surface area contributed by atoms with Crippen LogP contribution in [-0.4, -0.2) is 128 Å². The summed E-state index contributed by atoms with van der Waals surface area (Å²) in [6.07, 6.45) is 3.10. The Morgan fingerprint density at radius 3 is 1.71 bits per heavy atom. The summed E-state index contributed by atoms with van der Waals surface area (Å²) in [5.74, 6) is -2.94. The molecule has 0 spiro atoms. The summed E-state index contributed by atoms with van der Waals surface area (Å²) in [4.78, 5) is 92.7. The summed E-state index contributed by atoms with van der Waals surface area (Å²) in [6, 6.07) is 2.44. The highest BCUT2D eigenvalue weighted by Gasteiger charge is 2.37. The minimum Gasteiger partial charge on any atom is -0.368 e. The molecule has 270 valence electrons. The number of carbonyl (C=O) groups excluding carboxylic acids is 7. The number of carbonyl (C=O) groups is 7. The number of amides is 7. The maximum atomic E-state index is 13.4. The Balaban J connectivity index is 1.59. The molecule has 2 heterocycles. The van der Waals surface area contributed by atoms with Crippen LogP contribution in [0.4, 0.5) is 0 Å². The lowest BCUT2D eigenvalue weighted by molar-refractivity contribution is -0.140. The molecule has 0 aliphatic carbocycles. The Hall–Kier alpha value is -4.57. The molecule has 0 saturated carbocycles. The van der Waals surface area contributed by atoms with Crippen LogP contribution in [0.3, 0.4) is 0 Å². The normalized spacial score (nSPS) is 18.2. The van der Waals surface area contributed by atoms with Gasteiger partial charge in [0, 0.05) is 43.9 Å². The van der Waals surface area contributed by atoms with E-state index in [1.807, 2.05) is 0 Å². The van der Waals surface area contributed by atoms with Gasteiger partial charge in [-0.1, -0.05) is 6.07 Å². The van der Waals surface area contributed by atoms with Crippen LogP contribution in [0.2, 0.25) is 0 Å². The monoisotopic (exact) mass is 685 g/mol. The number of hydrogen-bond acceptors (Lipinski definition) is 9. The number of nitrogens with two attached hydrogens (primary N) is 1. The van der Waals surface area contributed by atoms with Gasteiger partial charge in [-0.05, 0) is 84.7 Å². The second-order valence-corrected chi connectivity index (χ2v) is 12.4. The van der Waals surface area contributed by atoms with Gasteiger partial charge in [0.05, 0.1) is 12.1 Å². The molecule has 5 atom stereocenters. The molecule has 3 rings (SSSR count). The summed E-state index contributed by atoms with van der Waals surface area (Å²) < 4.78 is 0. The summed E-state index contributed by atoms with van der Waals surface area (Å²) >= 11 is 0. The largest absolute Gasteiger partial charge is 0.368 e. The second-order valence-electron chi connectivity index (χ2n) is 12.4. The topological polar surface area (TPSA) is 224 Å². The zero-order valence-electron chi connectivity index (χ0n) is 28.8. The van der Waals surface area contributed by atoms with E-state index in [9.17, 15) is 33.6 Å². The minimum atomic E-state index is -1.01. The predicted molar refractivity (Wildman–Crippen MR) is 181 cm³/mol. The van der Waals surface area contributed by atoms with Crippen LogP contribution in [0.25, 0.3) is 0 Å². The van der Waals surface area contributed by atoms with Gasteiger partial charge in [-0.3, -0.25) is 33.6 Å². The molecule has 2 aliphatic rings. The van der Waals surface area contributed by atoms with Gasteiger partial charge in [-0.2, -0.15) is 0 Å². The Morgan fingerprint density at radius 2 is 1.24 bits per heavy atom. The molecule has 3 unspecified atom stereocenters. The number of hydrogen-bond donors (Lipinski definition) is 7. The van der Waals surface area contributed by atoms with E-state index in [0.29, 0.717) is 32.5 Å². The molecule has 1 aromatic rings. The van der Waals surface area contributed by atoms with E-state index in [1.54, 1.807) is 45.0 Å². The predicted octanol–water partition coefficient (Wildman–Crippen LogP) is -1.79. The van der Waals surface area contributed by atoms with E-state index in [1.165, 1.54) is 17.0 Å². The summed E-state index contributed by atoms with van der Waals surface area (Å²) in [6.45, 7) is 5.04. The number of primary amides is 1. The molecule has 0 aromatic heterocycles. The lowest BCUT2D eigenvalue weighted by atomic mass is 10.1. The SMILES string of the molecule is CNC(C)C(=O)N[C@@H](CCNC(=O)c1cccc(C(=O)NCCC(NC(=O)[C@H](C)NC)C(=O)N2CCCC2)c1)C(=O)N1CCCC1C(N)=O. The van der Waals surface area contributed by atoms with Crippen LogP contribution in [0.1, 0.15) is 73.1 Å². The van der Waals surface area contributed by atoms with Gasteiger partial charge in [0.2, 0.25) is 29.5 Å². The van der Waals surface area contributed by atoms with Crippen LogP contribution >= 0.6 is 0 Å². The van der Waals surface area contributed by atoms with E-state index in [4.69, 9.17) is 5.73 Å². The lowest BCUT2D eigenvalue weighted by Gasteiger charge is -2.28. The van der Waals surface area contributed by atoms with E-state index in [-0.39, 0.29) is 48.9 Å². The maximum absolute atomic E-state index is 13.4. The van der Waals surface area contributed by atoms with Gasteiger partial charge in [-0.15, -0.1) is 0 Å². The molecule has 2 fully saturated rings. The molecule has 8 N–H and O–H groups in total. The number of likely N-dealkylation sites (N-methyl/N-ethyl adjacent to an activating group) is 2. The van der Waals surface area contributed by atoms with E-state index < -0.39 is 59.7 Å². The number of likely N-dealkylation sites (tertiary alicyclic amines) is 2. The van der Waals surface area contributed by atoms with Crippen molar-refractivity contribution in [2.75, 3.05) is 46.8 Å². The van der Waals surface area contributed by atoms with Crippen molar-refractivity contribution in [3.05, 3.63) is 35.4 Å². The smallest absolute Gasteiger partial charge is 0.251 e. The first-order valence-electron chi connectivity index (χ1n) is 16.9. The third-order valence-corrected chi connectivity index (χ3v) is 8.99. The Bertz CT molecular complexity index is 1370. The average molecular weight is 686 g/mol. The van der Waals surface area contributed by atoms with Crippen molar-refractivity contribution in [3.63, 3.8) is 0 Å². The molecule has 1 aromatic carbocycles. The Kier molecular flexibility index (Phi) is 14.9. The van der Waals surface area contributed by atoms with Crippen LogP contribution < -0.4 is 37.6 Å². The molecular weight excluding hydrogens is 634 g/mol. The molecule has 2 aliphatic heterocycles. The van der Waals surface area contributed by atoms with Gasteiger partial charge in [-0.25, -0.2) is 0 Å². The first-order valence-corrected chi connectivity index (χ1v) is 16.9. The van der Waals surface area contributed by atoms with Gasteiger partial charge >= 0.3 is 0 Å². The molecule has 0 radical (unpaired) electrons. The Labute approximate surface area is 287 Å². The molecule has 2 saturated heterocycles. The minimum absolute atomic E-state index is 0.0132. The Morgan fingerprint density at radius 1 is 0.755 bits per heavy atom. The van der Waals surface area contributed by atoms with Crippen molar-refractivity contribution < 1.29 is 33.6 Å². The molecule has 49 heavy (non-hydrogen) atoms. The van der Waals surface area contributed by atoms with E-state index >= 15 is 0 Å².